The summed E-state index contributed by atoms with van der Waals surface area (Å²) in [5.41, 5.74) is 2.86. The summed E-state index contributed by atoms with van der Waals surface area (Å²) < 4.78 is 41.9. The molecule has 6 aromatic rings. The lowest BCUT2D eigenvalue weighted by Gasteiger charge is -2.36. The van der Waals surface area contributed by atoms with Gasteiger partial charge in [0.25, 0.3) is 11.8 Å². The average molecular weight is 939 g/mol. The highest BCUT2D eigenvalue weighted by Gasteiger charge is 2.39. The lowest BCUT2D eigenvalue weighted by atomic mass is 10.0. The molecular formula is C46H56F2N14O6. The zero-order valence-electron chi connectivity index (χ0n) is 38.5. The average Bonchev–Trinajstić information content (AvgIpc) is 4.11. The molecule has 0 radical (unpaired) electrons. The predicted octanol–water partition coefficient (Wildman–Crippen LogP) is 3.09. The van der Waals surface area contributed by atoms with Gasteiger partial charge in [0.1, 0.15) is 34.7 Å². The molecule has 2 fully saturated rings. The fraction of sp³-hybridized carbons (Fsp3) is 0.478. The summed E-state index contributed by atoms with van der Waals surface area (Å²) in [4.78, 5) is 52.8. The molecule has 0 spiro atoms. The van der Waals surface area contributed by atoms with Crippen LogP contribution < -0.4 is 29.9 Å². The molecule has 0 aliphatic carbocycles. The van der Waals surface area contributed by atoms with Crippen molar-refractivity contribution in [1.82, 2.24) is 49.0 Å². The Kier molecular flexibility index (Phi) is 13.1. The molecular weight excluding hydrogens is 883 g/mol. The number of ether oxygens (including phenoxy) is 2. The number of piperazine rings is 2. The second kappa shape index (κ2) is 19.2. The smallest absolute Gasteiger partial charge is 0.261 e. The van der Waals surface area contributed by atoms with E-state index in [0.717, 1.165) is 11.1 Å². The zero-order valence-corrected chi connectivity index (χ0v) is 38.5. The molecule has 6 aromatic heterocycles. The lowest BCUT2D eigenvalue weighted by Crippen LogP contribution is -2.48. The minimum absolute atomic E-state index is 0.144. The van der Waals surface area contributed by atoms with Crippen molar-refractivity contribution >= 4 is 46.1 Å². The summed E-state index contributed by atoms with van der Waals surface area (Å²) in [6.07, 6.45) is 8.85. The molecule has 360 valence electrons. The van der Waals surface area contributed by atoms with Gasteiger partial charge in [-0.25, -0.2) is 27.8 Å². The van der Waals surface area contributed by atoms with Crippen molar-refractivity contribution in [2.75, 3.05) is 99.1 Å². The number of alkyl halides is 2. The number of nitrogens with one attached hydrogen (secondary N) is 2. The number of pyridine rings is 2. The van der Waals surface area contributed by atoms with Crippen molar-refractivity contribution < 1.29 is 38.1 Å². The van der Waals surface area contributed by atoms with E-state index in [1.165, 1.54) is 12.4 Å². The molecule has 2 amide bonds. The second-order valence-corrected chi connectivity index (χ2v) is 18.4. The molecule has 20 nitrogen and oxygen atoms in total. The Bertz CT molecular complexity index is 2600. The first-order chi connectivity index (χ1) is 32.7. The van der Waals surface area contributed by atoms with Crippen LogP contribution in [-0.2, 0) is 12.8 Å². The third kappa shape index (κ3) is 9.84. The van der Waals surface area contributed by atoms with E-state index in [1.807, 2.05) is 26.0 Å². The number of amides is 2. The first-order valence-electron chi connectivity index (χ1n) is 22.8. The summed E-state index contributed by atoms with van der Waals surface area (Å²) in [7, 11) is 0. The van der Waals surface area contributed by atoms with Gasteiger partial charge in [-0.15, -0.1) is 0 Å². The van der Waals surface area contributed by atoms with Gasteiger partial charge in [0.05, 0.1) is 37.0 Å². The summed E-state index contributed by atoms with van der Waals surface area (Å²) in [5.74, 6) is 1.42. The van der Waals surface area contributed by atoms with Crippen LogP contribution >= 0.6 is 0 Å². The molecule has 4 N–H and O–H groups in total. The molecule has 2 saturated heterocycles. The number of hydrogen-bond acceptors (Lipinski definition) is 16. The van der Waals surface area contributed by atoms with Gasteiger partial charge in [0, 0.05) is 114 Å². The van der Waals surface area contributed by atoms with E-state index >= 15 is 0 Å². The van der Waals surface area contributed by atoms with E-state index in [9.17, 15) is 28.6 Å². The molecule has 0 bridgehead atoms. The fourth-order valence-corrected chi connectivity index (χ4v) is 9.02. The highest BCUT2D eigenvalue weighted by Crippen LogP contribution is 2.41. The third-order valence-electron chi connectivity index (χ3n) is 12.5. The first kappa shape index (κ1) is 46.5. The molecule has 4 atom stereocenters. The largest absolute Gasteiger partial charge is 0.468 e. The van der Waals surface area contributed by atoms with Crippen LogP contribution in [0.1, 0.15) is 59.5 Å². The maximum Gasteiger partial charge on any atom is 0.261 e. The number of nitrogens with zero attached hydrogens (tertiary/aromatic N) is 12. The van der Waals surface area contributed by atoms with Crippen LogP contribution in [0.2, 0.25) is 0 Å². The Hall–Kier alpha value is -6.62. The van der Waals surface area contributed by atoms with E-state index in [1.54, 1.807) is 59.8 Å². The first-order valence-corrected chi connectivity index (χ1v) is 22.8. The van der Waals surface area contributed by atoms with Crippen LogP contribution in [0.25, 0.3) is 11.3 Å². The van der Waals surface area contributed by atoms with Crippen LogP contribution in [0.15, 0.2) is 61.4 Å². The number of carbonyl (C=O) groups excluding carboxylic acids is 2. The van der Waals surface area contributed by atoms with E-state index in [4.69, 9.17) is 19.4 Å². The normalized spacial score (nSPS) is 21.4. The van der Waals surface area contributed by atoms with Crippen LogP contribution in [0.5, 0.6) is 11.8 Å². The molecule has 22 heteroatoms. The van der Waals surface area contributed by atoms with Gasteiger partial charge in [-0.1, -0.05) is 0 Å². The Morgan fingerprint density at radius 2 is 1.07 bits per heavy atom. The quantitative estimate of drug-likeness (QED) is 0.139. The highest BCUT2D eigenvalue weighted by molar-refractivity contribution is 6.10. The number of hydrogen-bond donors (Lipinski definition) is 4. The fourth-order valence-electron chi connectivity index (χ4n) is 9.02. The molecule has 10 rings (SSSR count). The summed E-state index contributed by atoms with van der Waals surface area (Å²) in [5, 5.41) is 33.9. The van der Waals surface area contributed by atoms with E-state index < -0.39 is 23.5 Å². The second-order valence-electron chi connectivity index (χ2n) is 18.4. The topological polar surface area (TPSA) is 216 Å². The van der Waals surface area contributed by atoms with Crippen molar-refractivity contribution in [3.63, 3.8) is 0 Å². The Balaban J connectivity index is 0.000000170. The Morgan fingerprint density at radius 1 is 0.676 bits per heavy atom. The van der Waals surface area contributed by atoms with Gasteiger partial charge in [-0.3, -0.25) is 19.4 Å². The minimum Gasteiger partial charge on any atom is -0.468 e. The summed E-state index contributed by atoms with van der Waals surface area (Å²) >= 11 is 0. The minimum atomic E-state index is -0.886. The number of anilines is 4. The summed E-state index contributed by atoms with van der Waals surface area (Å²) in [6, 6.07) is 7.22. The highest BCUT2D eigenvalue weighted by atomic mass is 19.1. The number of halogens is 2. The van der Waals surface area contributed by atoms with Crippen LogP contribution in [0.3, 0.4) is 0 Å². The van der Waals surface area contributed by atoms with Gasteiger partial charge in [-0.05, 0) is 52.0 Å². The molecule has 68 heavy (non-hydrogen) atoms. The van der Waals surface area contributed by atoms with Crippen LogP contribution in [0.4, 0.5) is 31.8 Å². The SMILES string of the molecule is CC(F)CN1CCN(c2nc3c(cc2NC(=O)c2cnn4cccnc24)C[C@@](C)(CO)O3)CC1.CC(F)CN1CCN(c2nc3c(cc2NC(=O)c2cnn4cccnc24)C[C@](C)(CO)O3)CC1. The van der Waals surface area contributed by atoms with Gasteiger partial charge in [-0.2, -0.15) is 20.2 Å². The van der Waals surface area contributed by atoms with E-state index in [-0.39, 0.29) is 25.0 Å². The molecule has 2 unspecified atom stereocenters. The number of aliphatic hydroxyl groups is 2. The molecule has 4 aliphatic rings. The molecule has 4 aliphatic heterocycles. The van der Waals surface area contributed by atoms with Gasteiger partial charge in [0.15, 0.2) is 22.9 Å². The number of rotatable bonds is 12. The molecule has 0 saturated carbocycles. The third-order valence-corrected chi connectivity index (χ3v) is 12.5. The van der Waals surface area contributed by atoms with Crippen molar-refractivity contribution in [3.05, 3.63) is 83.7 Å². The predicted molar refractivity (Wildman–Crippen MR) is 248 cm³/mol. The maximum atomic E-state index is 13.5. The van der Waals surface area contributed by atoms with Crippen molar-refractivity contribution in [1.29, 1.82) is 0 Å². The number of aromatic nitrogens is 8. The van der Waals surface area contributed by atoms with Crippen molar-refractivity contribution in [2.45, 2.75) is 64.1 Å². The molecule has 0 aromatic carbocycles. The lowest BCUT2D eigenvalue weighted by molar-refractivity contribution is 0.0416. The van der Waals surface area contributed by atoms with Crippen molar-refractivity contribution in [2.24, 2.45) is 0 Å². The van der Waals surface area contributed by atoms with E-state index in [2.05, 4.69) is 50.4 Å². The maximum absolute atomic E-state index is 13.5. The Labute approximate surface area is 390 Å². The van der Waals surface area contributed by atoms with Crippen LogP contribution in [0, 0.1) is 0 Å². The van der Waals surface area contributed by atoms with Crippen molar-refractivity contribution in [3.8, 4) is 11.8 Å². The number of carbonyl (C=O) groups is 2. The van der Waals surface area contributed by atoms with E-state index in [0.29, 0.717) is 135 Å². The molecule has 10 heterocycles. The number of fused-ring (bicyclic) bond motifs is 4. The van der Waals surface area contributed by atoms with Gasteiger partial charge in [0.2, 0.25) is 11.8 Å². The summed E-state index contributed by atoms with van der Waals surface area (Å²) in [6.45, 7) is 12.6. The Morgan fingerprint density at radius 3 is 1.44 bits per heavy atom. The van der Waals surface area contributed by atoms with Crippen LogP contribution in [-0.4, -0.2) is 173 Å². The standard InChI is InChI=1S/2C23H28FN7O3/c2*1-15(24)13-29-6-8-30(9-7-29)20-18(10-16-11-23(2,14-32)34-22(16)28-20)27-21(33)17-12-26-31-5-3-4-25-19(17)31/h2*3-5,10,12,15,32H,6-9,11,13-14H2,1-2H3,(H,27,33)/t2*15?,23-/m10/s1. The van der Waals surface area contributed by atoms with Gasteiger partial charge >= 0.3 is 0 Å². The monoisotopic (exact) mass is 938 g/mol. The van der Waals surface area contributed by atoms with Gasteiger partial charge < -0.3 is 40.1 Å². The number of aliphatic hydroxyl groups excluding tert-OH is 2. The zero-order chi connectivity index (χ0) is 47.7.